The molecule has 0 bridgehead atoms. The molecular formula is C23H30N3O+. The van der Waals surface area contributed by atoms with E-state index in [2.05, 4.69) is 67.2 Å². The van der Waals surface area contributed by atoms with Gasteiger partial charge in [-0.3, -0.25) is 4.79 Å². The highest BCUT2D eigenvalue weighted by atomic mass is 16.1. The van der Waals surface area contributed by atoms with Crippen molar-refractivity contribution in [1.29, 1.82) is 0 Å². The van der Waals surface area contributed by atoms with Crippen LogP contribution in [0.4, 0.5) is 0 Å². The van der Waals surface area contributed by atoms with E-state index in [0.717, 1.165) is 17.8 Å². The average Bonchev–Trinajstić information content (AvgIpc) is 2.62. The molecule has 4 nitrogen and oxygen atoms in total. The lowest BCUT2D eigenvalue weighted by Gasteiger charge is -2.20. The summed E-state index contributed by atoms with van der Waals surface area (Å²) in [5.74, 6) is 1.87. The summed E-state index contributed by atoms with van der Waals surface area (Å²) in [6.45, 7) is 9.61. The molecule has 3 rings (SSSR count). The summed E-state index contributed by atoms with van der Waals surface area (Å²) in [7, 11) is 0. The van der Waals surface area contributed by atoms with E-state index in [1.54, 1.807) is 0 Å². The van der Waals surface area contributed by atoms with Crippen LogP contribution < -0.4 is 10.9 Å². The Kier molecular flexibility index (Phi) is 6.07. The number of H-pyrrole nitrogens is 1. The van der Waals surface area contributed by atoms with Gasteiger partial charge < -0.3 is 10.3 Å². The summed E-state index contributed by atoms with van der Waals surface area (Å²) in [4.78, 5) is 19.8. The average molecular weight is 365 g/mol. The van der Waals surface area contributed by atoms with E-state index in [0.29, 0.717) is 29.8 Å². The topological polar surface area (TPSA) is 62.4 Å². The number of nitrogens with one attached hydrogen (secondary N) is 1. The van der Waals surface area contributed by atoms with E-state index in [9.17, 15) is 4.79 Å². The molecular weight excluding hydrogens is 334 g/mol. The molecule has 1 aromatic heterocycles. The second-order valence-electron chi connectivity index (χ2n) is 8.08. The van der Waals surface area contributed by atoms with E-state index < -0.39 is 0 Å². The number of aromatic amines is 1. The second kappa shape index (κ2) is 8.49. The van der Waals surface area contributed by atoms with Crippen LogP contribution in [0, 0.1) is 11.8 Å². The summed E-state index contributed by atoms with van der Waals surface area (Å²) in [6.07, 6.45) is 1.11. The summed E-state index contributed by atoms with van der Waals surface area (Å²) < 4.78 is 0. The van der Waals surface area contributed by atoms with Gasteiger partial charge in [-0.2, -0.15) is 0 Å². The maximum Gasteiger partial charge on any atom is 0.258 e. The van der Waals surface area contributed by atoms with Gasteiger partial charge in [-0.05, 0) is 30.0 Å². The van der Waals surface area contributed by atoms with Gasteiger partial charge in [0.05, 0.1) is 10.9 Å². The third kappa shape index (κ3) is 4.83. The fraction of sp³-hybridized carbons (Fsp3) is 0.391. The molecule has 0 aliphatic carbocycles. The number of nitrogens with zero attached hydrogens (tertiary/aromatic N) is 1. The van der Waals surface area contributed by atoms with Crippen molar-refractivity contribution in [3.63, 3.8) is 0 Å². The Morgan fingerprint density at radius 1 is 1.00 bits per heavy atom. The van der Waals surface area contributed by atoms with Gasteiger partial charge in [-0.15, -0.1) is 0 Å². The molecule has 0 aliphatic rings. The number of hydrogen-bond acceptors (Lipinski definition) is 2. The lowest BCUT2D eigenvalue weighted by atomic mass is 9.93. The minimum atomic E-state index is -0.0665. The normalized spacial score (nSPS) is 12.8. The Labute approximate surface area is 161 Å². The predicted molar refractivity (Wildman–Crippen MR) is 111 cm³/mol. The van der Waals surface area contributed by atoms with Gasteiger partial charge in [-0.25, -0.2) is 4.98 Å². The van der Waals surface area contributed by atoms with Crippen LogP contribution in [-0.2, 0) is 13.0 Å². The van der Waals surface area contributed by atoms with Gasteiger partial charge in [0.1, 0.15) is 12.6 Å². The number of aromatic nitrogens is 2. The van der Waals surface area contributed by atoms with Crippen LogP contribution in [0.5, 0.6) is 0 Å². The van der Waals surface area contributed by atoms with Crippen molar-refractivity contribution in [2.45, 2.75) is 46.7 Å². The zero-order valence-electron chi connectivity index (χ0n) is 16.7. The smallest absolute Gasteiger partial charge is 0.258 e. The lowest BCUT2D eigenvalue weighted by Crippen LogP contribution is -2.85. The lowest BCUT2D eigenvalue weighted by molar-refractivity contribution is -0.718. The van der Waals surface area contributed by atoms with Crippen molar-refractivity contribution in [3.05, 3.63) is 75.8 Å². The Morgan fingerprint density at radius 2 is 1.70 bits per heavy atom. The summed E-state index contributed by atoms with van der Waals surface area (Å²) in [5, 5.41) is 2.91. The Balaban J connectivity index is 1.76. The summed E-state index contributed by atoms with van der Waals surface area (Å²) >= 11 is 0. The van der Waals surface area contributed by atoms with Gasteiger partial charge in [0.25, 0.3) is 5.56 Å². The molecule has 0 saturated heterocycles. The van der Waals surface area contributed by atoms with E-state index in [1.807, 2.05) is 24.3 Å². The number of benzene rings is 2. The standard InChI is InChI=1S/C23H29N3O/c1-15(2)13-17-9-11-18(12-10-17)22(16(3)4)24-14-21-25-20-8-6-5-7-19(20)23(27)26-21/h5-12,15-16,22,24H,13-14H2,1-4H3,(H,25,26,27)/p+1/t22-/m0/s1. The molecule has 4 heteroatoms. The molecule has 0 radical (unpaired) electrons. The van der Waals surface area contributed by atoms with E-state index in [4.69, 9.17) is 0 Å². The third-order valence-electron chi connectivity index (χ3n) is 4.95. The van der Waals surface area contributed by atoms with Crippen LogP contribution in [0.15, 0.2) is 53.3 Å². The van der Waals surface area contributed by atoms with Crippen LogP contribution in [0.2, 0.25) is 0 Å². The number of para-hydroxylation sites is 1. The number of quaternary nitrogens is 1. The number of nitrogens with two attached hydrogens (primary N) is 1. The van der Waals surface area contributed by atoms with Gasteiger partial charge in [-0.1, -0.05) is 64.1 Å². The monoisotopic (exact) mass is 364 g/mol. The van der Waals surface area contributed by atoms with Crippen LogP contribution in [0.3, 0.4) is 0 Å². The fourth-order valence-corrected chi connectivity index (χ4v) is 3.61. The molecule has 27 heavy (non-hydrogen) atoms. The first-order valence-electron chi connectivity index (χ1n) is 9.84. The van der Waals surface area contributed by atoms with E-state index in [-0.39, 0.29) is 5.56 Å². The van der Waals surface area contributed by atoms with Gasteiger partial charge >= 0.3 is 0 Å². The van der Waals surface area contributed by atoms with Crippen LogP contribution in [0.1, 0.15) is 50.7 Å². The Hall–Kier alpha value is -2.46. The summed E-state index contributed by atoms with van der Waals surface area (Å²) in [5.41, 5.74) is 3.39. The molecule has 0 aliphatic heterocycles. The number of hydrogen-bond donors (Lipinski definition) is 2. The van der Waals surface area contributed by atoms with Gasteiger partial charge in [0.2, 0.25) is 0 Å². The molecule has 1 atom stereocenters. The van der Waals surface area contributed by atoms with Crippen molar-refractivity contribution in [3.8, 4) is 0 Å². The van der Waals surface area contributed by atoms with Crippen LogP contribution in [0.25, 0.3) is 10.9 Å². The SMILES string of the molecule is CC(C)Cc1ccc([C@@H]([NH2+]Cc2nc3ccccc3c(=O)[nH]2)C(C)C)cc1. The van der Waals surface area contributed by atoms with E-state index in [1.165, 1.54) is 11.1 Å². The third-order valence-corrected chi connectivity index (χ3v) is 4.95. The number of rotatable bonds is 7. The Bertz CT molecular complexity index is 942. The number of fused-ring (bicyclic) bond motifs is 1. The maximum absolute atomic E-state index is 12.3. The molecule has 3 aromatic rings. The first-order valence-corrected chi connectivity index (χ1v) is 9.84. The maximum atomic E-state index is 12.3. The largest absolute Gasteiger partial charge is 0.334 e. The summed E-state index contributed by atoms with van der Waals surface area (Å²) in [6, 6.07) is 16.8. The van der Waals surface area contributed by atoms with Crippen molar-refractivity contribution >= 4 is 10.9 Å². The zero-order valence-corrected chi connectivity index (χ0v) is 16.7. The predicted octanol–water partition coefficient (Wildman–Crippen LogP) is 3.58. The van der Waals surface area contributed by atoms with Crippen molar-refractivity contribution in [2.24, 2.45) is 11.8 Å². The molecule has 0 spiro atoms. The minimum Gasteiger partial charge on any atom is -0.334 e. The highest BCUT2D eigenvalue weighted by Gasteiger charge is 2.20. The Morgan fingerprint density at radius 3 is 2.37 bits per heavy atom. The minimum absolute atomic E-state index is 0.0665. The van der Waals surface area contributed by atoms with Crippen molar-refractivity contribution in [1.82, 2.24) is 9.97 Å². The first kappa shape index (κ1) is 19.3. The fourth-order valence-electron chi connectivity index (χ4n) is 3.61. The van der Waals surface area contributed by atoms with E-state index >= 15 is 0 Å². The molecule has 3 N–H and O–H groups in total. The molecule has 0 unspecified atom stereocenters. The molecule has 2 aromatic carbocycles. The molecule has 1 heterocycles. The van der Waals surface area contributed by atoms with Crippen LogP contribution >= 0.6 is 0 Å². The molecule has 0 fully saturated rings. The molecule has 0 saturated carbocycles. The van der Waals surface area contributed by atoms with Crippen LogP contribution in [-0.4, -0.2) is 9.97 Å². The second-order valence-corrected chi connectivity index (χ2v) is 8.08. The molecule has 142 valence electrons. The van der Waals surface area contributed by atoms with Gasteiger partial charge in [0, 0.05) is 11.5 Å². The van der Waals surface area contributed by atoms with Crippen molar-refractivity contribution < 1.29 is 5.32 Å². The first-order chi connectivity index (χ1) is 12.9. The molecule has 0 amide bonds. The highest BCUT2D eigenvalue weighted by molar-refractivity contribution is 5.77. The zero-order chi connectivity index (χ0) is 19.4. The highest BCUT2D eigenvalue weighted by Crippen LogP contribution is 2.19. The van der Waals surface area contributed by atoms with Crippen molar-refractivity contribution in [2.75, 3.05) is 0 Å². The quantitative estimate of drug-likeness (QED) is 0.673. The van der Waals surface area contributed by atoms with Gasteiger partial charge in [0.15, 0.2) is 5.82 Å².